The van der Waals surface area contributed by atoms with Gasteiger partial charge in [0.05, 0.1) is 11.7 Å². The van der Waals surface area contributed by atoms with Gasteiger partial charge in [0.15, 0.2) is 0 Å². The maximum Gasteiger partial charge on any atom is 0.125 e. The van der Waals surface area contributed by atoms with E-state index in [2.05, 4.69) is 0 Å². The Morgan fingerprint density at radius 3 is 2.59 bits per heavy atom. The van der Waals surface area contributed by atoms with Crippen molar-refractivity contribution in [2.24, 2.45) is 0 Å². The first-order valence-electron chi connectivity index (χ1n) is 5.99. The van der Waals surface area contributed by atoms with E-state index < -0.39 is 11.7 Å². The molecule has 1 rings (SSSR count). The first-order valence-corrected chi connectivity index (χ1v) is 5.99. The Kier molecular flexibility index (Phi) is 4.54. The van der Waals surface area contributed by atoms with E-state index in [1.165, 1.54) is 0 Å². The molecule has 2 atom stereocenters. The van der Waals surface area contributed by atoms with Gasteiger partial charge in [-0.15, -0.1) is 0 Å². The molecule has 0 aromatic heterocycles. The van der Waals surface area contributed by atoms with Crippen molar-refractivity contribution in [3.05, 3.63) is 29.3 Å². The number of benzene rings is 1. The Hall–Kier alpha value is -1.06. The van der Waals surface area contributed by atoms with Crippen molar-refractivity contribution in [1.82, 2.24) is 0 Å². The zero-order valence-corrected chi connectivity index (χ0v) is 11.0. The molecule has 1 aromatic rings. The molecule has 0 bridgehead atoms. The fraction of sp³-hybridized carbons (Fsp3) is 0.571. The largest absolute Gasteiger partial charge is 0.490 e. The Labute approximate surface area is 103 Å². The van der Waals surface area contributed by atoms with Crippen LogP contribution in [0.5, 0.6) is 5.75 Å². The van der Waals surface area contributed by atoms with E-state index in [9.17, 15) is 10.2 Å². The molecule has 0 aliphatic heterocycles. The fourth-order valence-electron chi connectivity index (χ4n) is 1.45. The number of hydrogen-bond acceptors (Lipinski definition) is 3. The first-order chi connectivity index (χ1) is 7.85. The summed E-state index contributed by atoms with van der Waals surface area (Å²) in [5.41, 5.74) is 0.989. The van der Waals surface area contributed by atoms with E-state index in [0.29, 0.717) is 12.2 Å². The highest BCUT2D eigenvalue weighted by Gasteiger charge is 2.19. The van der Waals surface area contributed by atoms with Gasteiger partial charge in [0.25, 0.3) is 0 Å². The van der Waals surface area contributed by atoms with Crippen molar-refractivity contribution in [3.63, 3.8) is 0 Å². The topological polar surface area (TPSA) is 49.7 Å². The summed E-state index contributed by atoms with van der Waals surface area (Å²) >= 11 is 0. The summed E-state index contributed by atoms with van der Waals surface area (Å²) < 4.78 is 5.62. The second-order valence-electron chi connectivity index (χ2n) is 4.86. The van der Waals surface area contributed by atoms with Crippen molar-refractivity contribution in [3.8, 4) is 5.75 Å². The van der Waals surface area contributed by atoms with Gasteiger partial charge >= 0.3 is 0 Å². The summed E-state index contributed by atoms with van der Waals surface area (Å²) in [6.07, 6.45) is 0.0557. The van der Waals surface area contributed by atoms with Gasteiger partial charge in [0.2, 0.25) is 0 Å². The van der Waals surface area contributed by atoms with E-state index in [-0.39, 0.29) is 6.61 Å². The highest BCUT2D eigenvalue weighted by Crippen LogP contribution is 2.27. The van der Waals surface area contributed by atoms with Crippen LogP contribution in [0.1, 0.15) is 44.4 Å². The molecule has 0 saturated heterocycles. The molecule has 3 heteroatoms. The van der Waals surface area contributed by atoms with Crippen LogP contribution in [0.4, 0.5) is 0 Å². The van der Waals surface area contributed by atoms with Crippen LogP contribution in [0.3, 0.4) is 0 Å². The van der Waals surface area contributed by atoms with Crippen LogP contribution in [-0.4, -0.2) is 22.4 Å². The van der Waals surface area contributed by atoms with Crippen LogP contribution >= 0.6 is 0 Å². The quantitative estimate of drug-likeness (QED) is 0.829. The molecule has 2 N–H and O–H groups in total. The van der Waals surface area contributed by atoms with E-state index >= 15 is 0 Å². The molecule has 0 saturated carbocycles. The van der Waals surface area contributed by atoms with Gasteiger partial charge in [-0.25, -0.2) is 0 Å². The lowest BCUT2D eigenvalue weighted by atomic mass is 10.0. The monoisotopic (exact) mass is 238 g/mol. The van der Waals surface area contributed by atoms with E-state index in [1.54, 1.807) is 13.8 Å². The third kappa shape index (κ3) is 4.02. The summed E-state index contributed by atoms with van der Waals surface area (Å²) in [7, 11) is 0. The van der Waals surface area contributed by atoms with Crippen LogP contribution in [-0.2, 0) is 0 Å². The van der Waals surface area contributed by atoms with Crippen molar-refractivity contribution in [2.45, 2.75) is 45.8 Å². The summed E-state index contributed by atoms with van der Waals surface area (Å²) in [5.74, 6) is 0.647. The van der Waals surface area contributed by atoms with Gasteiger partial charge in [-0.2, -0.15) is 0 Å². The Morgan fingerprint density at radius 2 is 2.06 bits per heavy atom. The third-order valence-electron chi connectivity index (χ3n) is 2.92. The minimum Gasteiger partial charge on any atom is -0.490 e. The van der Waals surface area contributed by atoms with Gasteiger partial charge in [0, 0.05) is 5.56 Å². The molecule has 1 aromatic carbocycles. The summed E-state index contributed by atoms with van der Waals surface area (Å²) in [5, 5.41) is 19.5. The van der Waals surface area contributed by atoms with Crippen LogP contribution in [0.2, 0.25) is 0 Å². The Balaban J connectivity index is 2.85. The van der Waals surface area contributed by atoms with E-state index in [1.807, 2.05) is 32.0 Å². The molecule has 0 fully saturated rings. The lowest BCUT2D eigenvalue weighted by molar-refractivity contribution is 0.00744. The first kappa shape index (κ1) is 14.0. The molecule has 0 spiro atoms. The minimum atomic E-state index is -0.834. The van der Waals surface area contributed by atoms with Crippen LogP contribution in [0.15, 0.2) is 18.2 Å². The zero-order chi connectivity index (χ0) is 13.1. The summed E-state index contributed by atoms with van der Waals surface area (Å²) in [6, 6.07) is 5.68. The standard InChI is InChI=1S/C14H22O3/c1-5-14(4,16)9-17-13-8-10(2)6-7-12(13)11(3)15/h6-8,11,15-16H,5,9H2,1-4H3/t11-,14?/m1/s1. The third-order valence-corrected chi connectivity index (χ3v) is 2.92. The summed E-state index contributed by atoms with van der Waals surface area (Å²) in [6.45, 7) is 7.55. The highest BCUT2D eigenvalue weighted by atomic mass is 16.5. The molecule has 17 heavy (non-hydrogen) atoms. The number of ether oxygens (including phenoxy) is 1. The lowest BCUT2D eigenvalue weighted by Gasteiger charge is -2.23. The van der Waals surface area contributed by atoms with Gasteiger partial charge in [0.1, 0.15) is 12.4 Å². The fourth-order valence-corrected chi connectivity index (χ4v) is 1.45. The van der Waals surface area contributed by atoms with Gasteiger partial charge in [-0.3, -0.25) is 0 Å². The van der Waals surface area contributed by atoms with E-state index in [4.69, 9.17) is 4.74 Å². The molecule has 96 valence electrons. The maximum atomic E-state index is 9.90. The molecular weight excluding hydrogens is 216 g/mol. The molecule has 0 aliphatic carbocycles. The SMILES string of the molecule is CCC(C)(O)COc1cc(C)ccc1[C@@H](C)O. The van der Waals surface area contributed by atoms with Gasteiger partial charge in [-0.1, -0.05) is 19.1 Å². The Morgan fingerprint density at radius 1 is 1.41 bits per heavy atom. The lowest BCUT2D eigenvalue weighted by Crippen LogP contribution is -2.31. The molecule has 1 unspecified atom stereocenters. The van der Waals surface area contributed by atoms with Crippen LogP contribution in [0.25, 0.3) is 0 Å². The molecule has 0 amide bonds. The molecule has 0 radical (unpaired) electrons. The predicted octanol–water partition coefficient (Wildman–Crippen LogP) is 2.59. The van der Waals surface area contributed by atoms with Crippen LogP contribution in [0, 0.1) is 6.92 Å². The smallest absolute Gasteiger partial charge is 0.125 e. The molecule has 0 heterocycles. The second kappa shape index (κ2) is 5.52. The van der Waals surface area contributed by atoms with Crippen molar-refractivity contribution in [2.75, 3.05) is 6.61 Å². The average Bonchev–Trinajstić information content (AvgIpc) is 2.26. The molecule has 3 nitrogen and oxygen atoms in total. The minimum absolute atomic E-state index is 0.229. The van der Waals surface area contributed by atoms with Crippen molar-refractivity contribution < 1.29 is 14.9 Å². The predicted molar refractivity (Wildman–Crippen MR) is 68.2 cm³/mol. The molecule has 0 aliphatic rings. The zero-order valence-electron chi connectivity index (χ0n) is 11.0. The number of hydrogen-bond donors (Lipinski definition) is 2. The number of rotatable bonds is 5. The van der Waals surface area contributed by atoms with Crippen molar-refractivity contribution in [1.29, 1.82) is 0 Å². The molecular formula is C14H22O3. The van der Waals surface area contributed by atoms with Crippen LogP contribution < -0.4 is 4.74 Å². The number of aryl methyl sites for hydroxylation is 1. The van der Waals surface area contributed by atoms with Crippen molar-refractivity contribution >= 4 is 0 Å². The maximum absolute atomic E-state index is 9.90. The normalized spacial score (nSPS) is 16.4. The van der Waals surface area contributed by atoms with E-state index in [0.717, 1.165) is 11.1 Å². The van der Waals surface area contributed by atoms with Gasteiger partial charge in [-0.05, 0) is 38.8 Å². The summed E-state index contributed by atoms with van der Waals surface area (Å²) in [4.78, 5) is 0. The number of aliphatic hydroxyl groups excluding tert-OH is 1. The Bertz CT molecular complexity index is 370. The highest BCUT2D eigenvalue weighted by molar-refractivity contribution is 5.38. The average molecular weight is 238 g/mol. The number of aliphatic hydroxyl groups is 2. The van der Waals surface area contributed by atoms with Gasteiger partial charge < -0.3 is 14.9 Å². The second-order valence-corrected chi connectivity index (χ2v) is 4.86.